The van der Waals surface area contributed by atoms with Gasteiger partial charge in [-0.25, -0.2) is 0 Å². The normalized spacial score (nSPS) is 23.1. The largest absolute Gasteiger partial charge is 0.327 e. The molecular weight excluding hydrogens is 292 g/mol. The SMILES string of the molecule is Cc1cc(Br)cc(C)c1NC(=O)C1CCCC1N. The number of amides is 1. The lowest BCUT2D eigenvalue weighted by Gasteiger charge is -2.18. The van der Waals surface area contributed by atoms with Crippen LogP contribution in [0.25, 0.3) is 0 Å². The minimum atomic E-state index is -0.0348. The van der Waals surface area contributed by atoms with Crippen LogP contribution in [-0.4, -0.2) is 11.9 Å². The summed E-state index contributed by atoms with van der Waals surface area (Å²) >= 11 is 3.46. The Labute approximate surface area is 116 Å². The highest BCUT2D eigenvalue weighted by molar-refractivity contribution is 9.10. The lowest BCUT2D eigenvalue weighted by Crippen LogP contribution is -2.34. The number of anilines is 1. The highest BCUT2D eigenvalue weighted by Crippen LogP contribution is 2.29. The molecule has 2 rings (SSSR count). The molecule has 1 fully saturated rings. The Balaban J connectivity index is 2.17. The maximum Gasteiger partial charge on any atom is 0.229 e. The fourth-order valence-corrected chi connectivity index (χ4v) is 3.32. The van der Waals surface area contributed by atoms with Crippen molar-refractivity contribution in [1.29, 1.82) is 0 Å². The first kappa shape index (κ1) is 13.6. The maximum atomic E-state index is 12.2. The molecule has 2 unspecified atom stereocenters. The van der Waals surface area contributed by atoms with Crippen LogP contribution in [0.2, 0.25) is 0 Å². The summed E-state index contributed by atoms with van der Waals surface area (Å²) in [6.45, 7) is 4.00. The number of nitrogens with two attached hydrogens (primary N) is 1. The fourth-order valence-electron chi connectivity index (χ4n) is 2.64. The van der Waals surface area contributed by atoms with Crippen LogP contribution in [0.4, 0.5) is 5.69 Å². The van der Waals surface area contributed by atoms with Gasteiger partial charge in [0.2, 0.25) is 5.91 Å². The third-order valence-electron chi connectivity index (χ3n) is 3.65. The quantitative estimate of drug-likeness (QED) is 0.881. The summed E-state index contributed by atoms with van der Waals surface area (Å²) in [5.41, 5.74) is 9.03. The van der Waals surface area contributed by atoms with E-state index in [1.165, 1.54) is 0 Å². The van der Waals surface area contributed by atoms with E-state index in [0.29, 0.717) is 0 Å². The molecule has 3 N–H and O–H groups in total. The lowest BCUT2D eigenvalue weighted by atomic mass is 10.0. The number of halogens is 1. The van der Waals surface area contributed by atoms with Gasteiger partial charge in [0, 0.05) is 16.2 Å². The molecule has 0 spiro atoms. The number of rotatable bonds is 2. The van der Waals surface area contributed by atoms with Crippen LogP contribution in [-0.2, 0) is 4.79 Å². The molecule has 1 aromatic carbocycles. The summed E-state index contributed by atoms with van der Waals surface area (Å²) in [5.74, 6) is 0.0287. The van der Waals surface area contributed by atoms with Crippen LogP contribution in [0.5, 0.6) is 0 Å². The van der Waals surface area contributed by atoms with Gasteiger partial charge in [-0.1, -0.05) is 22.4 Å². The average Bonchev–Trinajstić information content (AvgIpc) is 2.69. The molecule has 0 heterocycles. The second kappa shape index (κ2) is 5.41. The number of carbonyl (C=O) groups is 1. The molecule has 1 saturated carbocycles. The van der Waals surface area contributed by atoms with Crippen LogP contribution in [0.1, 0.15) is 30.4 Å². The van der Waals surface area contributed by atoms with E-state index in [1.54, 1.807) is 0 Å². The van der Waals surface area contributed by atoms with Gasteiger partial charge in [-0.2, -0.15) is 0 Å². The molecule has 1 amide bonds. The van der Waals surface area contributed by atoms with E-state index in [2.05, 4.69) is 21.2 Å². The summed E-state index contributed by atoms with van der Waals surface area (Å²) in [5, 5.41) is 3.04. The number of aryl methyl sites for hydroxylation is 2. The smallest absolute Gasteiger partial charge is 0.229 e. The van der Waals surface area contributed by atoms with Gasteiger partial charge >= 0.3 is 0 Å². The van der Waals surface area contributed by atoms with Crippen LogP contribution >= 0.6 is 15.9 Å². The van der Waals surface area contributed by atoms with E-state index < -0.39 is 0 Å². The summed E-state index contributed by atoms with van der Waals surface area (Å²) in [7, 11) is 0. The van der Waals surface area contributed by atoms with Crippen molar-refractivity contribution in [2.75, 3.05) is 5.32 Å². The van der Waals surface area contributed by atoms with Crippen molar-refractivity contribution in [2.45, 2.75) is 39.2 Å². The molecule has 1 aliphatic rings. The first-order valence-corrected chi connectivity index (χ1v) is 7.11. The lowest BCUT2D eigenvalue weighted by molar-refractivity contribution is -0.120. The van der Waals surface area contributed by atoms with Gasteiger partial charge in [-0.05, 0) is 49.9 Å². The Bertz CT molecular complexity index is 450. The number of hydrogen-bond acceptors (Lipinski definition) is 2. The van der Waals surface area contributed by atoms with Gasteiger partial charge in [0.1, 0.15) is 0 Å². The molecule has 0 aliphatic heterocycles. The highest BCUT2D eigenvalue weighted by Gasteiger charge is 2.30. The van der Waals surface area contributed by atoms with E-state index in [-0.39, 0.29) is 17.9 Å². The zero-order valence-electron chi connectivity index (χ0n) is 10.8. The van der Waals surface area contributed by atoms with Gasteiger partial charge in [-0.15, -0.1) is 0 Å². The Morgan fingerprint density at radius 3 is 2.44 bits per heavy atom. The third kappa shape index (κ3) is 2.75. The Morgan fingerprint density at radius 2 is 1.94 bits per heavy atom. The van der Waals surface area contributed by atoms with Gasteiger partial charge in [0.25, 0.3) is 0 Å². The Morgan fingerprint density at radius 1 is 1.33 bits per heavy atom. The summed E-state index contributed by atoms with van der Waals surface area (Å²) < 4.78 is 1.04. The molecule has 0 saturated heterocycles. The molecular formula is C14H19BrN2O. The monoisotopic (exact) mass is 310 g/mol. The van der Waals surface area contributed by atoms with Gasteiger partial charge < -0.3 is 11.1 Å². The van der Waals surface area contributed by atoms with E-state index in [0.717, 1.165) is 40.5 Å². The van der Waals surface area contributed by atoms with E-state index in [4.69, 9.17) is 5.73 Å². The summed E-state index contributed by atoms with van der Waals surface area (Å²) in [4.78, 5) is 12.2. The molecule has 98 valence electrons. The molecule has 0 aromatic heterocycles. The summed E-state index contributed by atoms with van der Waals surface area (Å²) in [6, 6.07) is 4.04. The highest BCUT2D eigenvalue weighted by atomic mass is 79.9. The Kier molecular flexibility index (Phi) is 4.07. The van der Waals surface area contributed by atoms with Gasteiger partial charge in [0.05, 0.1) is 5.92 Å². The minimum absolute atomic E-state index is 0.0149. The predicted molar refractivity (Wildman–Crippen MR) is 77.6 cm³/mol. The van der Waals surface area contributed by atoms with Crippen LogP contribution in [0.15, 0.2) is 16.6 Å². The van der Waals surface area contributed by atoms with Crippen molar-refractivity contribution >= 4 is 27.5 Å². The zero-order valence-corrected chi connectivity index (χ0v) is 12.4. The molecule has 18 heavy (non-hydrogen) atoms. The second-order valence-electron chi connectivity index (χ2n) is 5.11. The molecule has 3 nitrogen and oxygen atoms in total. The molecule has 0 bridgehead atoms. The standard InChI is InChI=1S/C14H19BrN2O/c1-8-6-10(15)7-9(2)13(8)17-14(18)11-4-3-5-12(11)16/h6-7,11-12H,3-5,16H2,1-2H3,(H,17,18). The zero-order chi connectivity index (χ0) is 13.3. The Hall–Kier alpha value is -0.870. The van der Waals surface area contributed by atoms with E-state index in [1.807, 2.05) is 26.0 Å². The topological polar surface area (TPSA) is 55.1 Å². The molecule has 1 aromatic rings. The third-order valence-corrected chi connectivity index (χ3v) is 4.11. The number of benzene rings is 1. The van der Waals surface area contributed by atoms with Crippen LogP contribution in [0, 0.1) is 19.8 Å². The minimum Gasteiger partial charge on any atom is -0.327 e. The molecule has 4 heteroatoms. The molecule has 2 atom stereocenters. The van der Waals surface area contributed by atoms with E-state index >= 15 is 0 Å². The van der Waals surface area contributed by atoms with Crippen molar-refractivity contribution in [3.05, 3.63) is 27.7 Å². The van der Waals surface area contributed by atoms with Gasteiger partial charge in [-0.3, -0.25) is 4.79 Å². The molecule has 0 radical (unpaired) electrons. The van der Waals surface area contributed by atoms with E-state index in [9.17, 15) is 4.79 Å². The molecule has 1 aliphatic carbocycles. The number of hydrogen-bond donors (Lipinski definition) is 2. The van der Waals surface area contributed by atoms with Crippen LogP contribution < -0.4 is 11.1 Å². The fraction of sp³-hybridized carbons (Fsp3) is 0.500. The van der Waals surface area contributed by atoms with Crippen LogP contribution in [0.3, 0.4) is 0 Å². The number of nitrogens with one attached hydrogen (secondary N) is 1. The van der Waals surface area contributed by atoms with Crippen molar-refractivity contribution in [2.24, 2.45) is 11.7 Å². The van der Waals surface area contributed by atoms with Crippen molar-refractivity contribution in [1.82, 2.24) is 0 Å². The number of carbonyl (C=O) groups excluding carboxylic acids is 1. The summed E-state index contributed by atoms with van der Waals surface area (Å²) in [6.07, 6.45) is 2.91. The predicted octanol–water partition coefficient (Wildman–Crippen LogP) is 3.13. The van der Waals surface area contributed by atoms with Crippen molar-refractivity contribution < 1.29 is 4.79 Å². The average molecular weight is 311 g/mol. The van der Waals surface area contributed by atoms with Gasteiger partial charge in [0.15, 0.2) is 0 Å². The second-order valence-corrected chi connectivity index (χ2v) is 6.02. The maximum absolute atomic E-state index is 12.2. The van der Waals surface area contributed by atoms with Crippen molar-refractivity contribution in [3.63, 3.8) is 0 Å². The first-order valence-electron chi connectivity index (χ1n) is 6.32. The first-order chi connectivity index (χ1) is 8.49. The van der Waals surface area contributed by atoms with Crippen molar-refractivity contribution in [3.8, 4) is 0 Å².